The zero-order chi connectivity index (χ0) is 15.2. The highest BCUT2D eigenvalue weighted by Gasteiger charge is 2.09. The van der Waals surface area contributed by atoms with E-state index in [1.807, 2.05) is 0 Å². The molecule has 0 saturated heterocycles. The Morgan fingerprint density at radius 2 is 2.05 bits per heavy atom. The van der Waals surface area contributed by atoms with Crippen molar-refractivity contribution in [3.8, 4) is 17.6 Å². The van der Waals surface area contributed by atoms with Crippen LogP contribution in [0.4, 0.5) is 4.39 Å². The van der Waals surface area contributed by atoms with Gasteiger partial charge in [0.2, 0.25) is 0 Å². The van der Waals surface area contributed by atoms with E-state index >= 15 is 0 Å². The summed E-state index contributed by atoms with van der Waals surface area (Å²) in [6.07, 6.45) is 0. The van der Waals surface area contributed by atoms with Crippen LogP contribution in [0.25, 0.3) is 0 Å². The molecule has 0 amide bonds. The lowest BCUT2D eigenvalue weighted by atomic mass is 10.1. The van der Waals surface area contributed by atoms with E-state index in [0.29, 0.717) is 11.3 Å². The van der Waals surface area contributed by atoms with Gasteiger partial charge < -0.3 is 9.47 Å². The van der Waals surface area contributed by atoms with Crippen LogP contribution in [-0.2, 0) is 0 Å². The summed E-state index contributed by atoms with van der Waals surface area (Å²) in [5.74, 6) is -0.157. The van der Waals surface area contributed by atoms with Crippen molar-refractivity contribution in [1.82, 2.24) is 0 Å². The van der Waals surface area contributed by atoms with E-state index in [9.17, 15) is 9.18 Å². The van der Waals surface area contributed by atoms with Crippen LogP contribution >= 0.6 is 0 Å². The lowest BCUT2D eigenvalue weighted by molar-refractivity contribution is 0.0921. The number of halogens is 1. The summed E-state index contributed by atoms with van der Waals surface area (Å²) >= 11 is 0. The third-order valence-corrected chi connectivity index (χ3v) is 2.82. The lowest BCUT2D eigenvalue weighted by Crippen LogP contribution is -2.11. The van der Waals surface area contributed by atoms with Crippen LogP contribution in [0.2, 0.25) is 0 Å². The van der Waals surface area contributed by atoms with Gasteiger partial charge in [-0.1, -0.05) is 12.1 Å². The summed E-state index contributed by atoms with van der Waals surface area (Å²) < 4.78 is 23.7. The van der Waals surface area contributed by atoms with Crippen LogP contribution in [0.1, 0.15) is 15.9 Å². The molecule has 0 atom stereocenters. The zero-order valence-electron chi connectivity index (χ0n) is 11.3. The Hall–Kier alpha value is -2.87. The Morgan fingerprint density at radius 3 is 2.71 bits per heavy atom. The topological polar surface area (TPSA) is 59.3 Å². The predicted molar refractivity (Wildman–Crippen MR) is 73.9 cm³/mol. The number of ketones is 1. The second kappa shape index (κ2) is 6.53. The molecule has 0 aliphatic heterocycles. The first-order valence-electron chi connectivity index (χ1n) is 6.13. The Labute approximate surface area is 121 Å². The molecule has 2 aromatic carbocycles. The molecule has 0 saturated carbocycles. The third-order valence-electron chi connectivity index (χ3n) is 2.82. The molecule has 2 rings (SSSR count). The molecule has 0 N–H and O–H groups in total. The van der Waals surface area contributed by atoms with Gasteiger partial charge in [-0.3, -0.25) is 4.79 Å². The predicted octanol–water partition coefficient (Wildman–Crippen LogP) is 2.97. The molecule has 0 fully saturated rings. The van der Waals surface area contributed by atoms with Crippen LogP contribution in [0.3, 0.4) is 0 Å². The van der Waals surface area contributed by atoms with Crippen LogP contribution in [0.15, 0.2) is 42.5 Å². The number of nitriles is 1. The third kappa shape index (κ3) is 3.57. The first kappa shape index (κ1) is 14.5. The van der Waals surface area contributed by atoms with E-state index in [1.165, 1.54) is 19.2 Å². The van der Waals surface area contributed by atoms with Gasteiger partial charge in [-0.05, 0) is 24.3 Å². The largest absolute Gasteiger partial charge is 0.497 e. The molecule has 0 aliphatic carbocycles. The van der Waals surface area contributed by atoms with Gasteiger partial charge in [0.05, 0.1) is 12.7 Å². The molecule has 0 spiro atoms. The van der Waals surface area contributed by atoms with Crippen molar-refractivity contribution in [2.75, 3.05) is 13.7 Å². The number of carbonyl (C=O) groups excluding carboxylic acids is 1. The van der Waals surface area contributed by atoms with E-state index in [-0.39, 0.29) is 23.7 Å². The first-order valence-corrected chi connectivity index (χ1v) is 6.13. The Bertz CT molecular complexity index is 707. The Morgan fingerprint density at radius 1 is 1.24 bits per heavy atom. The molecule has 2 aromatic rings. The van der Waals surface area contributed by atoms with Gasteiger partial charge in [-0.25, -0.2) is 4.39 Å². The molecular weight excluding hydrogens is 273 g/mol. The summed E-state index contributed by atoms with van der Waals surface area (Å²) in [6, 6.07) is 12.2. The summed E-state index contributed by atoms with van der Waals surface area (Å²) in [6.45, 7) is -0.224. The van der Waals surface area contributed by atoms with Gasteiger partial charge in [0.25, 0.3) is 0 Å². The monoisotopic (exact) mass is 285 g/mol. The number of ether oxygens (including phenoxy) is 2. The Balaban J connectivity index is 2.04. The van der Waals surface area contributed by atoms with Crippen molar-refractivity contribution in [2.24, 2.45) is 0 Å². The van der Waals surface area contributed by atoms with Gasteiger partial charge in [0.1, 0.15) is 23.4 Å². The van der Waals surface area contributed by atoms with Crippen molar-refractivity contribution >= 4 is 5.78 Å². The lowest BCUT2D eigenvalue weighted by Gasteiger charge is -2.07. The highest BCUT2D eigenvalue weighted by Crippen LogP contribution is 2.17. The van der Waals surface area contributed by atoms with Gasteiger partial charge in [0, 0.05) is 11.6 Å². The number of benzene rings is 2. The quantitative estimate of drug-likeness (QED) is 0.792. The fourth-order valence-corrected chi connectivity index (χ4v) is 1.71. The molecule has 5 heteroatoms. The minimum Gasteiger partial charge on any atom is -0.497 e. The number of rotatable bonds is 5. The van der Waals surface area contributed by atoms with E-state index < -0.39 is 5.82 Å². The molecule has 0 aliphatic rings. The second-order valence-electron chi connectivity index (χ2n) is 4.20. The van der Waals surface area contributed by atoms with Crippen LogP contribution in [-0.4, -0.2) is 19.5 Å². The maximum absolute atomic E-state index is 13.4. The summed E-state index contributed by atoms with van der Waals surface area (Å²) in [7, 11) is 1.51. The molecule has 0 unspecified atom stereocenters. The SMILES string of the molecule is COc1cccc(C(=O)COc2ccc(C#N)c(F)c2)c1. The smallest absolute Gasteiger partial charge is 0.200 e. The van der Waals surface area contributed by atoms with Crippen LogP contribution < -0.4 is 9.47 Å². The second-order valence-corrected chi connectivity index (χ2v) is 4.20. The standard InChI is InChI=1S/C16H12FNO3/c1-20-13-4-2-3-11(7-13)16(19)10-21-14-6-5-12(9-18)15(17)8-14/h2-8H,10H2,1H3. The van der Waals surface area contributed by atoms with Crippen molar-refractivity contribution in [1.29, 1.82) is 5.26 Å². The minimum absolute atomic E-state index is 0.0681. The summed E-state index contributed by atoms with van der Waals surface area (Å²) in [5, 5.41) is 8.63. The molecule has 0 heterocycles. The Kier molecular flexibility index (Phi) is 4.52. The highest BCUT2D eigenvalue weighted by atomic mass is 19.1. The van der Waals surface area contributed by atoms with Crippen molar-refractivity contribution in [3.05, 3.63) is 59.4 Å². The molecule has 0 aromatic heterocycles. The maximum Gasteiger partial charge on any atom is 0.200 e. The first-order chi connectivity index (χ1) is 10.1. The van der Waals surface area contributed by atoms with Crippen molar-refractivity contribution in [3.63, 3.8) is 0 Å². The zero-order valence-corrected chi connectivity index (χ0v) is 11.3. The van der Waals surface area contributed by atoms with Gasteiger partial charge in [0.15, 0.2) is 12.4 Å². The van der Waals surface area contributed by atoms with E-state index in [2.05, 4.69) is 0 Å². The summed E-state index contributed by atoms with van der Waals surface area (Å²) in [4.78, 5) is 12.0. The molecule has 21 heavy (non-hydrogen) atoms. The van der Waals surface area contributed by atoms with Crippen LogP contribution in [0.5, 0.6) is 11.5 Å². The number of hydrogen-bond donors (Lipinski definition) is 0. The molecular formula is C16H12FNO3. The average Bonchev–Trinajstić information content (AvgIpc) is 2.52. The number of Topliss-reactive ketones (excluding diaryl/α,β-unsaturated/α-hetero) is 1. The fraction of sp³-hybridized carbons (Fsp3) is 0.125. The van der Waals surface area contributed by atoms with Gasteiger partial charge in [-0.2, -0.15) is 5.26 Å². The van der Waals surface area contributed by atoms with E-state index in [1.54, 1.807) is 30.3 Å². The number of carbonyl (C=O) groups is 1. The van der Waals surface area contributed by atoms with Crippen molar-refractivity contribution in [2.45, 2.75) is 0 Å². The van der Waals surface area contributed by atoms with Crippen molar-refractivity contribution < 1.29 is 18.7 Å². The molecule has 106 valence electrons. The van der Waals surface area contributed by atoms with E-state index in [0.717, 1.165) is 6.07 Å². The average molecular weight is 285 g/mol. The highest BCUT2D eigenvalue weighted by molar-refractivity contribution is 5.97. The van der Waals surface area contributed by atoms with E-state index in [4.69, 9.17) is 14.7 Å². The minimum atomic E-state index is -0.677. The number of hydrogen-bond acceptors (Lipinski definition) is 4. The summed E-state index contributed by atoms with van der Waals surface area (Å²) in [5.41, 5.74) is 0.380. The fourth-order valence-electron chi connectivity index (χ4n) is 1.71. The van der Waals surface area contributed by atoms with Crippen LogP contribution in [0, 0.1) is 17.1 Å². The molecule has 4 nitrogen and oxygen atoms in total. The molecule has 0 bridgehead atoms. The normalized spacial score (nSPS) is 9.76. The molecule has 0 radical (unpaired) electrons. The van der Waals surface area contributed by atoms with Gasteiger partial charge in [-0.15, -0.1) is 0 Å². The number of nitrogens with zero attached hydrogens (tertiary/aromatic N) is 1. The number of methoxy groups -OCH3 is 1. The maximum atomic E-state index is 13.4. The van der Waals surface area contributed by atoms with Gasteiger partial charge >= 0.3 is 0 Å².